The maximum absolute atomic E-state index is 11.8. The first-order valence-electron chi connectivity index (χ1n) is 7.66. The van der Waals surface area contributed by atoms with Crippen LogP contribution in [0.25, 0.3) is 0 Å². The zero-order chi connectivity index (χ0) is 16.1. The van der Waals surface area contributed by atoms with Crippen LogP contribution in [0.2, 0.25) is 0 Å². The molecule has 2 heterocycles. The summed E-state index contributed by atoms with van der Waals surface area (Å²) in [6.45, 7) is 7.10. The second-order valence-electron chi connectivity index (χ2n) is 6.01. The fraction of sp³-hybridized carbons (Fsp3) is 0.733. The van der Waals surface area contributed by atoms with Gasteiger partial charge in [-0.2, -0.15) is 0 Å². The van der Waals surface area contributed by atoms with Gasteiger partial charge in [-0.05, 0) is 24.0 Å². The Hall–Kier alpha value is -1.60. The van der Waals surface area contributed by atoms with E-state index in [1.54, 1.807) is 6.07 Å². The Morgan fingerprint density at radius 1 is 1.59 bits per heavy atom. The van der Waals surface area contributed by atoms with Gasteiger partial charge < -0.3 is 19.7 Å². The van der Waals surface area contributed by atoms with Gasteiger partial charge in [0.1, 0.15) is 12.5 Å². The molecule has 0 spiro atoms. The Kier molecular flexibility index (Phi) is 5.79. The summed E-state index contributed by atoms with van der Waals surface area (Å²) in [5, 5.41) is 3.87. The zero-order valence-electron chi connectivity index (χ0n) is 13.4. The molecule has 0 radical (unpaired) electrons. The highest BCUT2D eigenvalue weighted by Crippen LogP contribution is 2.28. The molecule has 1 aliphatic heterocycles. The molecule has 2 rings (SSSR count). The van der Waals surface area contributed by atoms with Crippen molar-refractivity contribution >= 4 is 5.97 Å². The molecule has 1 fully saturated rings. The normalized spacial score (nSPS) is 20.3. The average molecular weight is 311 g/mol. The molecule has 1 saturated heterocycles. The number of esters is 1. The van der Waals surface area contributed by atoms with Gasteiger partial charge in [-0.25, -0.2) is 0 Å². The third-order valence-electron chi connectivity index (χ3n) is 3.90. The van der Waals surface area contributed by atoms with Crippen molar-refractivity contribution in [3.05, 3.63) is 11.8 Å². The molecular weight excluding hydrogens is 286 g/mol. The smallest absolute Gasteiger partial charge is 0.316 e. The minimum absolute atomic E-state index is 0.0549. The summed E-state index contributed by atoms with van der Waals surface area (Å²) in [6, 6.07) is 1.93. The molecular formula is C15H25N3O4. The first-order chi connectivity index (χ1) is 10.5. The average Bonchev–Trinajstić information content (AvgIpc) is 3.08. The minimum Gasteiger partial charge on any atom is -0.474 e. The number of rotatable bonds is 7. The number of nitrogens with two attached hydrogens (primary N) is 1. The van der Waals surface area contributed by atoms with E-state index in [4.69, 9.17) is 19.7 Å². The molecule has 2 atom stereocenters. The van der Waals surface area contributed by atoms with Crippen LogP contribution in [-0.4, -0.2) is 55.4 Å². The fourth-order valence-electron chi connectivity index (χ4n) is 2.68. The lowest BCUT2D eigenvalue weighted by molar-refractivity contribution is -0.144. The summed E-state index contributed by atoms with van der Waals surface area (Å²) in [4.78, 5) is 14.1. The molecule has 22 heavy (non-hydrogen) atoms. The van der Waals surface area contributed by atoms with Gasteiger partial charge in [0.15, 0.2) is 5.76 Å². The standard InChI is InChI=1S/C15H25N3O4/c1-10(2)14(15(19)20-3)12-8-13(17-22-12)21-7-6-18-5-4-11(16)9-18/h8,10-11,14H,4-7,9,16H2,1-3H3/t11-,14?/m0/s1. The lowest BCUT2D eigenvalue weighted by Crippen LogP contribution is -2.29. The number of methoxy groups -OCH3 is 1. The van der Waals surface area contributed by atoms with E-state index in [1.165, 1.54) is 7.11 Å². The molecule has 0 saturated carbocycles. The maximum atomic E-state index is 11.8. The van der Waals surface area contributed by atoms with E-state index in [9.17, 15) is 4.79 Å². The summed E-state index contributed by atoms with van der Waals surface area (Å²) < 4.78 is 15.6. The third-order valence-corrected chi connectivity index (χ3v) is 3.90. The van der Waals surface area contributed by atoms with Crippen molar-refractivity contribution in [2.75, 3.05) is 33.4 Å². The predicted molar refractivity (Wildman–Crippen MR) is 80.6 cm³/mol. The monoisotopic (exact) mass is 311 g/mol. The van der Waals surface area contributed by atoms with Crippen molar-refractivity contribution in [1.29, 1.82) is 0 Å². The summed E-state index contributed by atoms with van der Waals surface area (Å²) in [6.07, 6.45) is 1.03. The van der Waals surface area contributed by atoms with Crippen LogP contribution in [-0.2, 0) is 9.53 Å². The summed E-state index contributed by atoms with van der Waals surface area (Å²) in [7, 11) is 1.37. The number of hydrogen-bond donors (Lipinski definition) is 1. The Labute approximate surface area is 130 Å². The van der Waals surface area contributed by atoms with Crippen molar-refractivity contribution in [3.8, 4) is 5.88 Å². The quantitative estimate of drug-likeness (QED) is 0.751. The predicted octanol–water partition coefficient (Wildman–Crippen LogP) is 0.999. The van der Waals surface area contributed by atoms with Crippen LogP contribution >= 0.6 is 0 Å². The molecule has 0 aliphatic carbocycles. The number of carbonyl (C=O) groups is 1. The largest absolute Gasteiger partial charge is 0.474 e. The van der Waals surface area contributed by atoms with E-state index in [0.29, 0.717) is 18.2 Å². The van der Waals surface area contributed by atoms with E-state index in [2.05, 4.69) is 10.1 Å². The highest BCUT2D eigenvalue weighted by atomic mass is 16.5. The van der Waals surface area contributed by atoms with Gasteiger partial charge in [0, 0.05) is 25.2 Å². The number of ether oxygens (including phenoxy) is 2. The lowest BCUT2D eigenvalue weighted by Gasteiger charge is -2.14. The van der Waals surface area contributed by atoms with E-state index in [-0.39, 0.29) is 17.9 Å². The second-order valence-corrected chi connectivity index (χ2v) is 6.01. The minimum atomic E-state index is -0.466. The summed E-state index contributed by atoms with van der Waals surface area (Å²) >= 11 is 0. The van der Waals surface area contributed by atoms with Crippen LogP contribution in [0.3, 0.4) is 0 Å². The SMILES string of the molecule is COC(=O)C(c1cc(OCCN2CC[C@H](N)C2)no1)C(C)C. The molecule has 2 N–H and O–H groups in total. The summed E-state index contributed by atoms with van der Waals surface area (Å²) in [5.41, 5.74) is 5.86. The van der Waals surface area contributed by atoms with E-state index >= 15 is 0 Å². The molecule has 0 amide bonds. The van der Waals surface area contributed by atoms with Gasteiger partial charge in [-0.1, -0.05) is 13.8 Å². The second kappa shape index (κ2) is 7.60. The topological polar surface area (TPSA) is 90.8 Å². The van der Waals surface area contributed by atoms with Crippen molar-refractivity contribution in [3.63, 3.8) is 0 Å². The molecule has 1 aromatic heterocycles. The van der Waals surface area contributed by atoms with Crippen molar-refractivity contribution in [1.82, 2.24) is 10.1 Å². The van der Waals surface area contributed by atoms with Gasteiger partial charge in [0.2, 0.25) is 0 Å². The zero-order valence-corrected chi connectivity index (χ0v) is 13.4. The molecule has 1 aromatic rings. The first kappa shape index (κ1) is 16.8. The molecule has 7 nitrogen and oxygen atoms in total. The summed E-state index contributed by atoms with van der Waals surface area (Å²) in [5.74, 6) is 0.127. The Balaban J connectivity index is 1.86. The van der Waals surface area contributed by atoms with Crippen molar-refractivity contribution in [2.45, 2.75) is 32.2 Å². The number of carbonyl (C=O) groups excluding carboxylic acids is 1. The molecule has 1 unspecified atom stereocenters. The molecule has 1 aliphatic rings. The van der Waals surface area contributed by atoms with Gasteiger partial charge in [-0.3, -0.25) is 9.69 Å². The van der Waals surface area contributed by atoms with Gasteiger partial charge in [0.05, 0.1) is 7.11 Å². The van der Waals surface area contributed by atoms with Crippen LogP contribution in [0.4, 0.5) is 0 Å². The highest BCUT2D eigenvalue weighted by Gasteiger charge is 2.29. The van der Waals surface area contributed by atoms with E-state index < -0.39 is 5.92 Å². The van der Waals surface area contributed by atoms with Crippen LogP contribution in [0.15, 0.2) is 10.6 Å². The first-order valence-corrected chi connectivity index (χ1v) is 7.66. The van der Waals surface area contributed by atoms with E-state index in [0.717, 1.165) is 26.1 Å². The number of likely N-dealkylation sites (tertiary alicyclic amines) is 1. The third kappa shape index (κ3) is 4.20. The Morgan fingerprint density at radius 3 is 2.95 bits per heavy atom. The maximum Gasteiger partial charge on any atom is 0.316 e. The van der Waals surface area contributed by atoms with Gasteiger partial charge in [0.25, 0.3) is 5.88 Å². The van der Waals surface area contributed by atoms with Crippen LogP contribution < -0.4 is 10.5 Å². The molecule has 124 valence electrons. The van der Waals surface area contributed by atoms with Crippen molar-refractivity contribution in [2.24, 2.45) is 11.7 Å². The number of hydrogen-bond acceptors (Lipinski definition) is 7. The van der Waals surface area contributed by atoms with Crippen LogP contribution in [0, 0.1) is 5.92 Å². The molecule has 7 heteroatoms. The Bertz CT molecular complexity index is 489. The van der Waals surface area contributed by atoms with Gasteiger partial charge in [-0.15, -0.1) is 0 Å². The van der Waals surface area contributed by atoms with Crippen LogP contribution in [0.1, 0.15) is 31.9 Å². The van der Waals surface area contributed by atoms with Gasteiger partial charge >= 0.3 is 5.97 Å². The number of nitrogens with zero attached hydrogens (tertiary/aromatic N) is 2. The lowest BCUT2D eigenvalue weighted by atomic mass is 9.93. The number of aromatic nitrogens is 1. The van der Waals surface area contributed by atoms with E-state index in [1.807, 2.05) is 13.8 Å². The Morgan fingerprint density at radius 2 is 2.36 bits per heavy atom. The molecule has 0 aromatic carbocycles. The van der Waals surface area contributed by atoms with Crippen LogP contribution in [0.5, 0.6) is 5.88 Å². The van der Waals surface area contributed by atoms with Crippen molar-refractivity contribution < 1.29 is 18.8 Å². The highest BCUT2D eigenvalue weighted by molar-refractivity contribution is 5.77. The fourth-order valence-corrected chi connectivity index (χ4v) is 2.68. The molecule has 0 bridgehead atoms.